The summed E-state index contributed by atoms with van der Waals surface area (Å²) in [6.07, 6.45) is 0.130. The number of hydrogen-bond donors (Lipinski definition) is 0. The minimum atomic E-state index is -1.20. The highest BCUT2D eigenvalue weighted by Crippen LogP contribution is 2.07. The molecule has 0 aliphatic heterocycles. The second kappa shape index (κ2) is 5.25. The predicted octanol–water partition coefficient (Wildman–Crippen LogP) is 0.963. The number of amides is 1. The van der Waals surface area contributed by atoms with Crippen LogP contribution in [0.1, 0.15) is 5.56 Å². The van der Waals surface area contributed by atoms with Crippen molar-refractivity contribution in [3.63, 3.8) is 0 Å². The Morgan fingerprint density at radius 2 is 1.94 bits per heavy atom. The predicted molar refractivity (Wildman–Crippen MR) is 59.6 cm³/mol. The molecule has 0 saturated carbocycles. The van der Waals surface area contributed by atoms with E-state index in [1.54, 1.807) is 24.3 Å². The molecule has 0 N–H and O–H groups in total. The van der Waals surface area contributed by atoms with Crippen molar-refractivity contribution in [1.82, 2.24) is 4.90 Å². The van der Waals surface area contributed by atoms with Crippen molar-refractivity contribution in [2.75, 3.05) is 14.1 Å². The molecular formula is C11H14N2O3. The van der Waals surface area contributed by atoms with E-state index in [9.17, 15) is 14.9 Å². The van der Waals surface area contributed by atoms with Crippen LogP contribution in [0.25, 0.3) is 0 Å². The van der Waals surface area contributed by atoms with Gasteiger partial charge in [-0.3, -0.25) is 14.9 Å². The minimum absolute atomic E-state index is 0.130. The summed E-state index contributed by atoms with van der Waals surface area (Å²) >= 11 is 0. The lowest BCUT2D eigenvalue weighted by Crippen LogP contribution is -2.40. The smallest absolute Gasteiger partial charge is 0.297 e. The Morgan fingerprint density at radius 1 is 1.38 bits per heavy atom. The number of hydrogen-bond acceptors (Lipinski definition) is 3. The summed E-state index contributed by atoms with van der Waals surface area (Å²) < 4.78 is 0. The Hall–Kier alpha value is -1.91. The molecule has 0 heterocycles. The average Bonchev–Trinajstić information content (AvgIpc) is 2.26. The molecule has 1 unspecified atom stereocenters. The van der Waals surface area contributed by atoms with Crippen LogP contribution < -0.4 is 0 Å². The number of likely N-dealkylation sites (N-methyl/N-ethyl adjacent to an activating group) is 1. The molecule has 1 rings (SSSR count). The lowest BCUT2D eigenvalue weighted by atomic mass is 10.1. The third-order valence-electron chi connectivity index (χ3n) is 2.25. The first-order valence-corrected chi connectivity index (χ1v) is 4.91. The topological polar surface area (TPSA) is 63.5 Å². The first kappa shape index (κ1) is 12.2. The lowest BCUT2D eigenvalue weighted by Gasteiger charge is -2.14. The SMILES string of the molecule is CN(C)C(=O)C(Cc1ccccc1)[N+](=O)[O-]. The molecule has 0 aliphatic carbocycles. The fourth-order valence-electron chi connectivity index (χ4n) is 1.39. The molecule has 0 spiro atoms. The summed E-state index contributed by atoms with van der Waals surface area (Å²) in [5, 5.41) is 10.8. The Balaban J connectivity index is 2.81. The van der Waals surface area contributed by atoms with Gasteiger partial charge < -0.3 is 4.90 Å². The monoisotopic (exact) mass is 222 g/mol. The molecule has 0 bridgehead atoms. The van der Waals surface area contributed by atoms with Crippen molar-refractivity contribution in [3.8, 4) is 0 Å². The van der Waals surface area contributed by atoms with E-state index in [1.807, 2.05) is 6.07 Å². The second-order valence-corrected chi connectivity index (χ2v) is 3.72. The van der Waals surface area contributed by atoms with E-state index in [2.05, 4.69) is 0 Å². The molecule has 1 amide bonds. The van der Waals surface area contributed by atoms with Gasteiger partial charge in [0, 0.05) is 25.4 Å². The third kappa shape index (κ3) is 3.05. The van der Waals surface area contributed by atoms with Crippen LogP contribution in [0.2, 0.25) is 0 Å². The molecule has 16 heavy (non-hydrogen) atoms. The van der Waals surface area contributed by atoms with Gasteiger partial charge in [0.05, 0.1) is 0 Å². The van der Waals surface area contributed by atoms with Crippen molar-refractivity contribution >= 4 is 5.91 Å². The molecule has 86 valence electrons. The number of carbonyl (C=O) groups is 1. The number of nitrogens with zero attached hydrogens (tertiary/aromatic N) is 2. The molecule has 5 heteroatoms. The summed E-state index contributed by atoms with van der Waals surface area (Å²) in [7, 11) is 3.04. The van der Waals surface area contributed by atoms with Crippen molar-refractivity contribution in [2.45, 2.75) is 12.5 Å². The van der Waals surface area contributed by atoms with E-state index in [4.69, 9.17) is 0 Å². The van der Waals surface area contributed by atoms with Crippen LogP contribution in [0, 0.1) is 10.1 Å². The fraction of sp³-hybridized carbons (Fsp3) is 0.364. The van der Waals surface area contributed by atoms with Crippen LogP contribution in [0.3, 0.4) is 0 Å². The maximum Gasteiger partial charge on any atom is 0.297 e. The van der Waals surface area contributed by atoms with Gasteiger partial charge in [-0.1, -0.05) is 30.3 Å². The molecular weight excluding hydrogens is 208 g/mol. The van der Waals surface area contributed by atoms with Crippen molar-refractivity contribution in [2.24, 2.45) is 0 Å². The lowest BCUT2D eigenvalue weighted by molar-refractivity contribution is -0.508. The largest absolute Gasteiger partial charge is 0.343 e. The Morgan fingerprint density at radius 3 is 2.38 bits per heavy atom. The van der Waals surface area contributed by atoms with Gasteiger partial charge in [0.1, 0.15) is 0 Å². The molecule has 0 saturated heterocycles. The Bertz CT molecular complexity index is 376. The zero-order valence-corrected chi connectivity index (χ0v) is 9.29. The maximum atomic E-state index is 11.6. The molecule has 0 aliphatic rings. The summed E-state index contributed by atoms with van der Waals surface area (Å²) in [4.78, 5) is 23.1. The molecule has 0 aromatic heterocycles. The van der Waals surface area contributed by atoms with Gasteiger partial charge >= 0.3 is 0 Å². The second-order valence-electron chi connectivity index (χ2n) is 3.72. The number of nitro groups is 1. The van der Waals surface area contributed by atoms with Gasteiger partial charge in [-0.25, -0.2) is 0 Å². The first-order valence-electron chi connectivity index (χ1n) is 4.91. The van der Waals surface area contributed by atoms with Gasteiger partial charge in [-0.05, 0) is 5.56 Å². The van der Waals surface area contributed by atoms with Gasteiger partial charge in [-0.15, -0.1) is 0 Å². The van der Waals surface area contributed by atoms with Crippen LogP contribution >= 0.6 is 0 Å². The number of rotatable bonds is 4. The summed E-state index contributed by atoms with van der Waals surface area (Å²) in [6, 6.07) is 7.79. The van der Waals surface area contributed by atoms with Crippen LogP contribution in [-0.4, -0.2) is 35.9 Å². The van der Waals surface area contributed by atoms with Crippen LogP contribution in [0.4, 0.5) is 0 Å². The van der Waals surface area contributed by atoms with E-state index in [0.717, 1.165) is 5.56 Å². The highest BCUT2D eigenvalue weighted by molar-refractivity contribution is 5.80. The van der Waals surface area contributed by atoms with Crippen LogP contribution in [0.5, 0.6) is 0 Å². The first-order chi connectivity index (χ1) is 7.52. The fourth-order valence-corrected chi connectivity index (χ4v) is 1.39. The van der Waals surface area contributed by atoms with E-state index in [-0.39, 0.29) is 6.42 Å². The zero-order valence-electron chi connectivity index (χ0n) is 9.29. The van der Waals surface area contributed by atoms with Crippen molar-refractivity contribution in [3.05, 3.63) is 46.0 Å². The van der Waals surface area contributed by atoms with Gasteiger partial charge in [-0.2, -0.15) is 0 Å². The van der Waals surface area contributed by atoms with Gasteiger partial charge in [0.2, 0.25) is 0 Å². The summed E-state index contributed by atoms with van der Waals surface area (Å²) in [5.41, 5.74) is 0.791. The van der Waals surface area contributed by atoms with E-state index >= 15 is 0 Å². The highest BCUT2D eigenvalue weighted by Gasteiger charge is 2.31. The highest BCUT2D eigenvalue weighted by atomic mass is 16.6. The zero-order chi connectivity index (χ0) is 12.1. The van der Waals surface area contributed by atoms with E-state index in [0.29, 0.717) is 0 Å². The van der Waals surface area contributed by atoms with Crippen molar-refractivity contribution < 1.29 is 9.72 Å². The quantitative estimate of drug-likeness (QED) is 0.563. The number of benzene rings is 1. The molecule has 0 fully saturated rings. The average molecular weight is 222 g/mol. The minimum Gasteiger partial charge on any atom is -0.343 e. The van der Waals surface area contributed by atoms with E-state index in [1.165, 1.54) is 19.0 Å². The molecule has 1 atom stereocenters. The Kier molecular flexibility index (Phi) is 3.99. The van der Waals surface area contributed by atoms with E-state index < -0.39 is 16.9 Å². The van der Waals surface area contributed by atoms with Crippen molar-refractivity contribution in [1.29, 1.82) is 0 Å². The molecule has 0 radical (unpaired) electrons. The van der Waals surface area contributed by atoms with Gasteiger partial charge in [0.25, 0.3) is 11.9 Å². The standard InChI is InChI=1S/C11H14N2O3/c1-12(2)11(14)10(13(15)16)8-9-6-4-3-5-7-9/h3-7,10H,8H2,1-2H3. The molecule has 1 aromatic carbocycles. The molecule has 1 aromatic rings. The van der Waals surface area contributed by atoms with Crippen LogP contribution in [-0.2, 0) is 11.2 Å². The third-order valence-corrected chi connectivity index (χ3v) is 2.25. The number of carbonyl (C=O) groups excluding carboxylic acids is 1. The molecule has 5 nitrogen and oxygen atoms in total. The van der Waals surface area contributed by atoms with Crippen LogP contribution in [0.15, 0.2) is 30.3 Å². The maximum absolute atomic E-state index is 11.6. The normalized spacial score (nSPS) is 11.9. The summed E-state index contributed by atoms with van der Waals surface area (Å²) in [6.45, 7) is 0. The Labute approximate surface area is 93.8 Å². The summed E-state index contributed by atoms with van der Waals surface area (Å²) in [5.74, 6) is -0.478. The van der Waals surface area contributed by atoms with Gasteiger partial charge in [0.15, 0.2) is 0 Å².